The molecular weight excluding hydrogens is 312 g/mol. The third-order valence-corrected chi connectivity index (χ3v) is 3.76. The number of amides is 2. The lowest BCUT2D eigenvalue weighted by atomic mass is 9.95. The van der Waals surface area contributed by atoms with E-state index in [0.717, 1.165) is 11.6 Å². The van der Waals surface area contributed by atoms with Gasteiger partial charge in [-0.05, 0) is 29.7 Å². The zero-order valence-corrected chi connectivity index (χ0v) is 14.0. The molecule has 1 atom stereocenters. The zero-order valence-electron chi connectivity index (χ0n) is 14.0. The SMILES string of the molecule is CC(C)C(NC(=O)N(C)Cc1ccncc1)c1ccc(F)cc1F. The predicted molar refractivity (Wildman–Crippen MR) is 88.2 cm³/mol. The molecule has 6 heteroatoms. The summed E-state index contributed by atoms with van der Waals surface area (Å²) in [6, 6.07) is 6.18. The van der Waals surface area contributed by atoms with Gasteiger partial charge in [-0.2, -0.15) is 0 Å². The number of carbonyl (C=O) groups is 1. The quantitative estimate of drug-likeness (QED) is 0.902. The Morgan fingerprint density at radius 3 is 2.46 bits per heavy atom. The van der Waals surface area contributed by atoms with E-state index in [4.69, 9.17) is 0 Å². The molecular formula is C18H21F2N3O. The second-order valence-corrected chi connectivity index (χ2v) is 6.05. The highest BCUT2D eigenvalue weighted by Crippen LogP contribution is 2.25. The normalized spacial score (nSPS) is 12.1. The van der Waals surface area contributed by atoms with E-state index in [0.29, 0.717) is 6.54 Å². The van der Waals surface area contributed by atoms with Crippen LogP contribution in [-0.2, 0) is 6.54 Å². The topological polar surface area (TPSA) is 45.2 Å². The Bertz CT molecular complexity index is 692. The summed E-state index contributed by atoms with van der Waals surface area (Å²) in [5.41, 5.74) is 1.22. The molecule has 0 saturated heterocycles. The van der Waals surface area contributed by atoms with Gasteiger partial charge >= 0.3 is 6.03 Å². The van der Waals surface area contributed by atoms with Crippen LogP contribution in [0.5, 0.6) is 0 Å². The van der Waals surface area contributed by atoms with Crippen LogP contribution in [0.15, 0.2) is 42.7 Å². The fourth-order valence-corrected chi connectivity index (χ4v) is 2.43. The van der Waals surface area contributed by atoms with Crippen molar-refractivity contribution in [3.8, 4) is 0 Å². The zero-order chi connectivity index (χ0) is 17.7. The maximum absolute atomic E-state index is 14.0. The van der Waals surface area contributed by atoms with E-state index >= 15 is 0 Å². The average molecular weight is 333 g/mol. The van der Waals surface area contributed by atoms with Gasteiger partial charge in [-0.25, -0.2) is 13.6 Å². The highest BCUT2D eigenvalue weighted by Gasteiger charge is 2.23. The fourth-order valence-electron chi connectivity index (χ4n) is 2.43. The molecule has 0 radical (unpaired) electrons. The number of nitrogens with zero attached hydrogens (tertiary/aromatic N) is 2. The lowest BCUT2D eigenvalue weighted by Gasteiger charge is -2.27. The predicted octanol–water partition coefficient (Wildman–Crippen LogP) is 3.90. The van der Waals surface area contributed by atoms with E-state index in [1.807, 2.05) is 26.0 Å². The minimum Gasteiger partial charge on any atom is -0.331 e. The third-order valence-electron chi connectivity index (χ3n) is 3.76. The van der Waals surface area contributed by atoms with Gasteiger partial charge in [-0.1, -0.05) is 19.9 Å². The molecule has 0 spiro atoms. The molecule has 0 saturated carbocycles. The van der Waals surface area contributed by atoms with E-state index in [-0.39, 0.29) is 17.5 Å². The van der Waals surface area contributed by atoms with Gasteiger partial charge in [0.1, 0.15) is 11.6 Å². The summed E-state index contributed by atoms with van der Waals surface area (Å²) in [5, 5.41) is 2.82. The van der Waals surface area contributed by atoms with Gasteiger partial charge in [0, 0.05) is 37.6 Å². The molecule has 0 aliphatic carbocycles. The summed E-state index contributed by atoms with van der Waals surface area (Å²) in [6.45, 7) is 4.15. The molecule has 1 aromatic carbocycles. The van der Waals surface area contributed by atoms with Crippen LogP contribution in [0.25, 0.3) is 0 Å². The summed E-state index contributed by atoms with van der Waals surface area (Å²) in [5.74, 6) is -1.35. The summed E-state index contributed by atoms with van der Waals surface area (Å²) in [4.78, 5) is 17.9. The summed E-state index contributed by atoms with van der Waals surface area (Å²) in [6.07, 6.45) is 3.32. The minimum atomic E-state index is -0.661. The first kappa shape index (κ1) is 17.8. The third kappa shape index (κ3) is 4.50. The number of pyridine rings is 1. The molecule has 24 heavy (non-hydrogen) atoms. The van der Waals surface area contributed by atoms with Crippen molar-refractivity contribution >= 4 is 6.03 Å². The monoisotopic (exact) mass is 333 g/mol. The number of aromatic nitrogens is 1. The number of hydrogen-bond acceptors (Lipinski definition) is 2. The molecule has 0 aliphatic heterocycles. The van der Waals surface area contributed by atoms with E-state index in [1.54, 1.807) is 19.4 Å². The molecule has 1 unspecified atom stereocenters. The van der Waals surface area contributed by atoms with Crippen LogP contribution < -0.4 is 5.32 Å². The molecule has 1 aromatic heterocycles. The van der Waals surface area contributed by atoms with Gasteiger partial charge < -0.3 is 10.2 Å². The van der Waals surface area contributed by atoms with E-state index in [9.17, 15) is 13.6 Å². The van der Waals surface area contributed by atoms with Crippen LogP contribution in [-0.4, -0.2) is 23.0 Å². The maximum atomic E-state index is 14.0. The molecule has 4 nitrogen and oxygen atoms in total. The molecule has 0 aliphatic rings. The minimum absolute atomic E-state index is 0.0526. The Kier molecular flexibility index (Phi) is 5.84. The lowest BCUT2D eigenvalue weighted by Crippen LogP contribution is -2.40. The van der Waals surface area contributed by atoms with Gasteiger partial charge in [-0.3, -0.25) is 4.98 Å². The Morgan fingerprint density at radius 2 is 1.88 bits per heavy atom. The number of urea groups is 1. The van der Waals surface area contributed by atoms with Crippen LogP contribution in [0.3, 0.4) is 0 Å². The van der Waals surface area contributed by atoms with Gasteiger partial charge in [0.05, 0.1) is 6.04 Å². The van der Waals surface area contributed by atoms with Crippen LogP contribution >= 0.6 is 0 Å². The number of carbonyl (C=O) groups excluding carboxylic acids is 1. The van der Waals surface area contributed by atoms with E-state index in [2.05, 4.69) is 10.3 Å². The van der Waals surface area contributed by atoms with Crippen molar-refractivity contribution in [3.05, 3.63) is 65.5 Å². The Hall–Kier alpha value is -2.50. The first-order valence-corrected chi connectivity index (χ1v) is 7.74. The van der Waals surface area contributed by atoms with Crippen LogP contribution in [0.1, 0.15) is 31.0 Å². The van der Waals surface area contributed by atoms with Crippen molar-refractivity contribution < 1.29 is 13.6 Å². The standard InChI is InChI=1S/C18H21F2N3O/c1-12(2)17(15-5-4-14(19)10-16(15)20)22-18(24)23(3)11-13-6-8-21-9-7-13/h4-10,12,17H,11H2,1-3H3,(H,22,24). The summed E-state index contributed by atoms with van der Waals surface area (Å²) in [7, 11) is 1.66. The van der Waals surface area contributed by atoms with Gasteiger partial charge in [-0.15, -0.1) is 0 Å². The number of halogens is 2. The van der Waals surface area contributed by atoms with Crippen molar-refractivity contribution in [2.45, 2.75) is 26.4 Å². The molecule has 2 amide bonds. The van der Waals surface area contributed by atoms with E-state index < -0.39 is 17.7 Å². The van der Waals surface area contributed by atoms with E-state index in [1.165, 1.54) is 17.0 Å². The molecule has 1 heterocycles. The van der Waals surface area contributed by atoms with Crippen molar-refractivity contribution in [3.63, 3.8) is 0 Å². The second-order valence-electron chi connectivity index (χ2n) is 6.05. The van der Waals surface area contributed by atoms with Crippen molar-refractivity contribution in [2.24, 2.45) is 5.92 Å². The largest absolute Gasteiger partial charge is 0.331 e. The van der Waals surface area contributed by atoms with Gasteiger partial charge in [0.15, 0.2) is 0 Å². The number of hydrogen-bond donors (Lipinski definition) is 1. The van der Waals surface area contributed by atoms with Crippen LogP contribution in [0.2, 0.25) is 0 Å². The lowest BCUT2D eigenvalue weighted by molar-refractivity contribution is 0.198. The first-order valence-electron chi connectivity index (χ1n) is 7.74. The Balaban J connectivity index is 2.11. The van der Waals surface area contributed by atoms with Gasteiger partial charge in [0.25, 0.3) is 0 Å². The number of rotatable bonds is 5. The van der Waals surface area contributed by atoms with Crippen molar-refractivity contribution in [2.75, 3.05) is 7.05 Å². The smallest absolute Gasteiger partial charge is 0.317 e. The molecule has 1 N–H and O–H groups in total. The molecule has 0 bridgehead atoms. The molecule has 2 rings (SSSR count). The number of benzene rings is 1. The second kappa shape index (κ2) is 7.86. The highest BCUT2D eigenvalue weighted by atomic mass is 19.1. The van der Waals surface area contributed by atoms with Crippen molar-refractivity contribution in [1.82, 2.24) is 15.2 Å². The molecule has 2 aromatic rings. The Morgan fingerprint density at radius 1 is 1.21 bits per heavy atom. The highest BCUT2D eigenvalue weighted by molar-refractivity contribution is 5.74. The van der Waals surface area contributed by atoms with Crippen LogP contribution in [0.4, 0.5) is 13.6 Å². The van der Waals surface area contributed by atoms with Crippen LogP contribution in [0, 0.1) is 17.6 Å². The Labute approximate surface area is 140 Å². The molecule has 128 valence electrons. The maximum Gasteiger partial charge on any atom is 0.317 e. The fraction of sp³-hybridized carbons (Fsp3) is 0.333. The summed E-state index contributed by atoms with van der Waals surface area (Å²) < 4.78 is 27.2. The molecule has 0 fully saturated rings. The summed E-state index contributed by atoms with van der Waals surface area (Å²) >= 11 is 0. The number of nitrogens with one attached hydrogen (secondary N) is 1. The average Bonchev–Trinajstić information content (AvgIpc) is 2.53. The van der Waals surface area contributed by atoms with Gasteiger partial charge in [0.2, 0.25) is 0 Å². The van der Waals surface area contributed by atoms with Crippen molar-refractivity contribution in [1.29, 1.82) is 0 Å². The first-order chi connectivity index (χ1) is 11.4.